The maximum Gasteiger partial charge on any atom is 0.163 e. The standard InChI is InChI=1S/C21H25IO4/c1-20(2,18-11-15(22)7-10-19(18)23)14-5-8-16(9-6-14)24-12-17-13-25-21(3,4)26-17/h5-11,17,23H,12-13H2,1-4H3. The fourth-order valence-corrected chi connectivity index (χ4v) is 3.66. The topological polar surface area (TPSA) is 47.9 Å². The van der Waals surface area contributed by atoms with Crippen molar-refractivity contribution in [1.82, 2.24) is 0 Å². The molecule has 1 aliphatic heterocycles. The zero-order valence-corrected chi connectivity index (χ0v) is 17.7. The van der Waals surface area contributed by atoms with Crippen LogP contribution in [0.25, 0.3) is 0 Å². The summed E-state index contributed by atoms with van der Waals surface area (Å²) in [7, 11) is 0. The van der Waals surface area contributed by atoms with E-state index < -0.39 is 5.79 Å². The molecular weight excluding hydrogens is 443 g/mol. The van der Waals surface area contributed by atoms with Crippen LogP contribution in [0.5, 0.6) is 11.5 Å². The SMILES string of the molecule is CC1(C)OCC(COc2ccc(C(C)(C)c3cc(I)ccc3O)cc2)O1. The first-order valence-electron chi connectivity index (χ1n) is 8.71. The summed E-state index contributed by atoms with van der Waals surface area (Å²) in [5.41, 5.74) is 1.72. The number of aromatic hydroxyl groups is 1. The summed E-state index contributed by atoms with van der Waals surface area (Å²) in [4.78, 5) is 0. The van der Waals surface area contributed by atoms with E-state index in [0.29, 0.717) is 19.0 Å². The lowest BCUT2D eigenvalue weighted by molar-refractivity contribution is -0.141. The highest BCUT2D eigenvalue weighted by atomic mass is 127. The number of rotatable bonds is 5. The van der Waals surface area contributed by atoms with Crippen molar-refractivity contribution in [3.63, 3.8) is 0 Å². The summed E-state index contributed by atoms with van der Waals surface area (Å²) >= 11 is 2.27. The molecular formula is C21H25IO4. The highest BCUT2D eigenvalue weighted by Gasteiger charge is 2.33. The normalized spacial score (nSPS) is 19.5. The fraction of sp³-hybridized carbons (Fsp3) is 0.429. The van der Waals surface area contributed by atoms with Crippen LogP contribution in [0.3, 0.4) is 0 Å². The van der Waals surface area contributed by atoms with Gasteiger partial charge in [0.2, 0.25) is 0 Å². The van der Waals surface area contributed by atoms with Crippen molar-refractivity contribution in [2.75, 3.05) is 13.2 Å². The van der Waals surface area contributed by atoms with Crippen LogP contribution in [-0.2, 0) is 14.9 Å². The zero-order chi connectivity index (χ0) is 18.9. The van der Waals surface area contributed by atoms with E-state index in [2.05, 4.69) is 36.4 Å². The Morgan fingerprint density at radius 1 is 1.19 bits per heavy atom. The van der Waals surface area contributed by atoms with Gasteiger partial charge in [0.15, 0.2) is 5.79 Å². The van der Waals surface area contributed by atoms with E-state index in [4.69, 9.17) is 14.2 Å². The van der Waals surface area contributed by atoms with E-state index in [1.54, 1.807) is 6.07 Å². The summed E-state index contributed by atoms with van der Waals surface area (Å²) in [6, 6.07) is 13.7. The Bertz CT molecular complexity index is 768. The summed E-state index contributed by atoms with van der Waals surface area (Å²) in [5, 5.41) is 10.3. The average molecular weight is 468 g/mol. The molecule has 1 fully saturated rings. The maximum absolute atomic E-state index is 10.3. The van der Waals surface area contributed by atoms with Gasteiger partial charge in [-0.15, -0.1) is 0 Å². The molecule has 1 N–H and O–H groups in total. The smallest absolute Gasteiger partial charge is 0.163 e. The van der Waals surface area contributed by atoms with E-state index >= 15 is 0 Å². The van der Waals surface area contributed by atoms with Crippen LogP contribution in [0.2, 0.25) is 0 Å². The van der Waals surface area contributed by atoms with Crippen molar-refractivity contribution in [2.24, 2.45) is 0 Å². The van der Waals surface area contributed by atoms with Gasteiger partial charge in [0.25, 0.3) is 0 Å². The highest BCUT2D eigenvalue weighted by molar-refractivity contribution is 14.1. The van der Waals surface area contributed by atoms with E-state index in [-0.39, 0.29) is 11.5 Å². The van der Waals surface area contributed by atoms with Gasteiger partial charge in [0.1, 0.15) is 24.2 Å². The van der Waals surface area contributed by atoms with Gasteiger partial charge in [0.05, 0.1) is 6.61 Å². The van der Waals surface area contributed by atoms with Gasteiger partial charge in [-0.3, -0.25) is 0 Å². The molecule has 4 nitrogen and oxygen atoms in total. The van der Waals surface area contributed by atoms with Crippen LogP contribution in [0.15, 0.2) is 42.5 Å². The summed E-state index contributed by atoms with van der Waals surface area (Å²) < 4.78 is 18.2. The van der Waals surface area contributed by atoms with Gasteiger partial charge in [-0.1, -0.05) is 26.0 Å². The van der Waals surface area contributed by atoms with E-state index in [0.717, 1.165) is 20.4 Å². The second-order valence-corrected chi connectivity index (χ2v) is 8.82. The Morgan fingerprint density at radius 3 is 2.50 bits per heavy atom. The second kappa shape index (κ2) is 7.37. The van der Waals surface area contributed by atoms with Gasteiger partial charge < -0.3 is 19.3 Å². The molecule has 1 saturated heterocycles. The molecule has 2 aromatic carbocycles. The van der Waals surface area contributed by atoms with Crippen molar-refractivity contribution in [3.8, 4) is 11.5 Å². The minimum atomic E-state index is -0.531. The monoisotopic (exact) mass is 468 g/mol. The van der Waals surface area contributed by atoms with Crippen LogP contribution in [0.1, 0.15) is 38.8 Å². The molecule has 26 heavy (non-hydrogen) atoms. The van der Waals surface area contributed by atoms with Crippen LogP contribution in [0, 0.1) is 3.57 Å². The van der Waals surface area contributed by atoms with Crippen LogP contribution < -0.4 is 4.74 Å². The van der Waals surface area contributed by atoms with Gasteiger partial charge in [-0.25, -0.2) is 0 Å². The van der Waals surface area contributed by atoms with Crippen molar-refractivity contribution in [3.05, 3.63) is 57.2 Å². The molecule has 3 rings (SSSR count). The molecule has 1 aliphatic rings. The lowest BCUT2D eigenvalue weighted by atomic mass is 9.78. The fourth-order valence-electron chi connectivity index (χ4n) is 3.17. The summed E-state index contributed by atoms with van der Waals surface area (Å²) in [6.07, 6.45) is -0.0514. The number of phenolic OH excluding ortho intramolecular Hbond substituents is 1. The molecule has 0 aliphatic carbocycles. The molecule has 1 atom stereocenters. The number of hydrogen-bond acceptors (Lipinski definition) is 4. The molecule has 0 spiro atoms. The van der Waals surface area contributed by atoms with Gasteiger partial charge in [-0.2, -0.15) is 0 Å². The van der Waals surface area contributed by atoms with E-state index in [1.807, 2.05) is 50.2 Å². The Labute approximate surface area is 168 Å². The number of ether oxygens (including phenoxy) is 3. The predicted octanol–water partition coefficient (Wildman–Crippen LogP) is 4.85. The molecule has 0 saturated carbocycles. The first kappa shape index (κ1) is 19.5. The molecule has 0 amide bonds. The Morgan fingerprint density at radius 2 is 1.88 bits per heavy atom. The molecule has 2 aromatic rings. The Kier molecular flexibility index (Phi) is 5.51. The highest BCUT2D eigenvalue weighted by Crippen LogP contribution is 2.38. The second-order valence-electron chi connectivity index (χ2n) is 7.57. The number of phenols is 1. The molecule has 0 radical (unpaired) electrons. The van der Waals surface area contributed by atoms with Crippen molar-refractivity contribution >= 4 is 22.6 Å². The third-order valence-electron chi connectivity index (χ3n) is 4.71. The van der Waals surface area contributed by atoms with E-state index in [1.165, 1.54) is 0 Å². The number of halogens is 1. The van der Waals surface area contributed by atoms with E-state index in [9.17, 15) is 5.11 Å². The number of hydrogen-bond donors (Lipinski definition) is 1. The van der Waals surface area contributed by atoms with Gasteiger partial charge in [-0.05, 0) is 72.3 Å². The summed E-state index contributed by atoms with van der Waals surface area (Å²) in [6.45, 7) is 9.04. The van der Waals surface area contributed by atoms with Crippen LogP contribution >= 0.6 is 22.6 Å². The third-order valence-corrected chi connectivity index (χ3v) is 5.38. The Hall–Kier alpha value is -1.31. The van der Waals surface area contributed by atoms with Gasteiger partial charge >= 0.3 is 0 Å². The third kappa shape index (κ3) is 4.32. The average Bonchev–Trinajstić information content (AvgIpc) is 2.94. The zero-order valence-electron chi connectivity index (χ0n) is 15.6. The van der Waals surface area contributed by atoms with Crippen LogP contribution in [0.4, 0.5) is 0 Å². The minimum absolute atomic E-state index is 0.0514. The van der Waals surface area contributed by atoms with Crippen molar-refractivity contribution in [2.45, 2.75) is 45.0 Å². The molecule has 5 heteroatoms. The molecule has 0 bridgehead atoms. The first-order valence-corrected chi connectivity index (χ1v) is 9.79. The maximum atomic E-state index is 10.3. The molecule has 0 aromatic heterocycles. The predicted molar refractivity (Wildman–Crippen MR) is 110 cm³/mol. The quantitative estimate of drug-likeness (QED) is 0.638. The van der Waals surface area contributed by atoms with Gasteiger partial charge in [0, 0.05) is 14.5 Å². The number of benzene rings is 2. The first-order chi connectivity index (χ1) is 12.2. The lowest BCUT2D eigenvalue weighted by Gasteiger charge is -2.27. The lowest BCUT2D eigenvalue weighted by Crippen LogP contribution is -2.25. The van der Waals surface area contributed by atoms with Crippen molar-refractivity contribution < 1.29 is 19.3 Å². The molecule has 1 heterocycles. The summed E-state index contributed by atoms with van der Waals surface area (Å²) in [5.74, 6) is 0.582. The Balaban J connectivity index is 1.69. The van der Waals surface area contributed by atoms with Crippen molar-refractivity contribution in [1.29, 1.82) is 0 Å². The molecule has 1 unspecified atom stereocenters. The largest absolute Gasteiger partial charge is 0.508 e. The minimum Gasteiger partial charge on any atom is -0.508 e. The molecule has 140 valence electrons. The van der Waals surface area contributed by atoms with Crippen LogP contribution in [-0.4, -0.2) is 30.2 Å².